The highest BCUT2D eigenvalue weighted by molar-refractivity contribution is 7.15. The first kappa shape index (κ1) is 13.4. The molecular formula is C14H15N3OS. The molecule has 2 aromatic rings. The number of hydrogen-bond donors (Lipinski definition) is 1. The van der Waals surface area contributed by atoms with Crippen molar-refractivity contribution in [3.05, 3.63) is 46.5 Å². The smallest absolute Gasteiger partial charge is 0.250 e. The minimum absolute atomic E-state index is 0.193. The van der Waals surface area contributed by atoms with Gasteiger partial charge in [0.05, 0.1) is 0 Å². The van der Waals surface area contributed by atoms with E-state index in [9.17, 15) is 4.79 Å². The fourth-order valence-corrected chi connectivity index (χ4v) is 2.22. The summed E-state index contributed by atoms with van der Waals surface area (Å²) in [7, 11) is 0. The van der Waals surface area contributed by atoms with E-state index in [0.717, 1.165) is 22.6 Å². The van der Waals surface area contributed by atoms with Crippen LogP contribution in [0.3, 0.4) is 0 Å². The lowest BCUT2D eigenvalue weighted by molar-refractivity contribution is -0.111. The van der Waals surface area contributed by atoms with Gasteiger partial charge in [-0.15, -0.1) is 10.2 Å². The summed E-state index contributed by atoms with van der Waals surface area (Å²) in [6, 6.07) is 7.90. The Kier molecular flexibility index (Phi) is 4.41. The normalized spacial score (nSPS) is 10.8. The zero-order valence-electron chi connectivity index (χ0n) is 10.9. The SMILES string of the molecule is CCc1nnc(NC(=O)/C=C/c2ccccc2C)s1. The lowest BCUT2D eigenvalue weighted by Gasteiger charge is -1.98. The van der Waals surface area contributed by atoms with E-state index in [-0.39, 0.29) is 5.91 Å². The van der Waals surface area contributed by atoms with Crippen molar-refractivity contribution in [3.63, 3.8) is 0 Å². The number of carbonyl (C=O) groups excluding carboxylic acids is 1. The zero-order chi connectivity index (χ0) is 13.7. The van der Waals surface area contributed by atoms with Crippen LogP contribution in [0.5, 0.6) is 0 Å². The summed E-state index contributed by atoms with van der Waals surface area (Å²) in [4.78, 5) is 11.7. The fourth-order valence-electron chi connectivity index (χ4n) is 1.53. The van der Waals surface area contributed by atoms with E-state index < -0.39 is 0 Å². The second-order valence-corrected chi connectivity index (χ2v) is 5.10. The molecule has 0 fully saturated rings. The predicted octanol–water partition coefficient (Wildman–Crippen LogP) is 3.06. The first-order valence-electron chi connectivity index (χ1n) is 6.06. The predicted molar refractivity (Wildman–Crippen MR) is 78.1 cm³/mol. The molecule has 4 nitrogen and oxygen atoms in total. The molecule has 2 rings (SSSR count). The molecule has 0 spiro atoms. The van der Waals surface area contributed by atoms with Gasteiger partial charge in [-0.1, -0.05) is 42.5 Å². The van der Waals surface area contributed by atoms with Crippen LogP contribution in [0.1, 0.15) is 23.1 Å². The lowest BCUT2D eigenvalue weighted by Crippen LogP contribution is -2.07. The highest BCUT2D eigenvalue weighted by Gasteiger charge is 2.04. The number of rotatable bonds is 4. The Morgan fingerprint density at radius 3 is 2.84 bits per heavy atom. The Balaban J connectivity index is 1.99. The molecule has 98 valence electrons. The number of amides is 1. The summed E-state index contributed by atoms with van der Waals surface area (Å²) in [6.07, 6.45) is 4.13. The maximum absolute atomic E-state index is 11.7. The molecule has 0 aliphatic heterocycles. The minimum atomic E-state index is -0.193. The number of nitrogens with zero attached hydrogens (tertiary/aromatic N) is 2. The monoisotopic (exact) mass is 273 g/mol. The molecule has 1 aromatic heterocycles. The van der Waals surface area contributed by atoms with Gasteiger partial charge < -0.3 is 0 Å². The molecule has 0 saturated heterocycles. The molecule has 1 aromatic carbocycles. The third kappa shape index (κ3) is 3.72. The van der Waals surface area contributed by atoms with Crippen LogP contribution in [0.4, 0.5) is 5.13 Å². The fraction of sp³-hybridized carbons (Fsp3) is 0.214. The summed E-state index contributed by atoms with van der Waals surface area (Å²) < 4.78 is 0. The second-order valence-electron chi connectivity index (χ2n) is 4.03. The minimum Gasteiger partial charge on any atom is -0.297 e. The summed E-state index contributed by atoms with van der Waals surface area (Å²) >= 11 is 1.40. The molecule has 0 saturated carbocycles. The number of nitrogens with one attached hydrogen (secondary N) is 1. The number of benzene rings is 1. The Hall–Kier alpha value is -2.01. The molecule has 1 N–H and O–H groups in total. The van der Waals surface area contributed by atoms with Gasteiger partial charge in [-0.25, -0.2) is 0 Å². The molecule has 1 heterocycles. The molecule has 0 unspecified atom stereocenters. The van der Waals surface area contributed by atoms with Gasteiger partial charge >= 0.3 is 0 Å². The van der Waals surface area contributed by atoms with Crippen molar-refractivity contribution < 1.29 is 4.79 Å². The average Bonchev–Trinajstić information content (AvgIpc) is 2.85. The Morgan fingerprint density at radius 1 is 1.37 bits per heavy atom. The van der Waals surface area contributed by atoms with Crippen LogP contribution >= 0.6 is 11.3 Å². The number of anilines is 1. The van der Waals surface area contributed by atoms with E-state index in [1.54, 1.807) is 6.08 Å². The summed E-state index contributed by atoms with van der Waals surface area (Å²) in [6.45, 7) is 4.01. The van der Waals surface area contributed by atoms with E-state index >= 15 is 0 Å². The van der Waals surface area contributed by atoms with Crippen LogP contribution in [0.15, 0.2) is 30.3 Å². The van der Waals surface area contributed by atoms with Crippen molar-refractivity contribution in [1.29, 1.82) is 0 Å². The van der Waals surface area contributed by atoms with Crippen LogP contribution in [0.2, 0.25) is 0 Å². The highest BCUT2D eigenvalue weighted by atomic mass is 32.1. The lowest BCUT2D eigenvalue weighted by atomic mass is 10.1. The first-order chi connectivity index (χ1) is 9.19. The molecule has 1 amide bonds. The number of aromatic nitrogens is 2. The van der Waals surface area contributed by atoms with E-state index in [1.807, 2.05) is 38.1 Å². The van der Waals surface area contributed by atoms with Crippen molar-refractivity contribution in [2.75, 3.05) is 5.32 Å². The van der Waals surface area contributed by atoms with Crippen LogP contribution in [-0.2, 0) is 11.2 Å². The summed E-state index contributed by atoms with van der Waals surface area (Å²) in [5, 5.41) is 12.0. The van der Waals surface area contributed by atoms with Crippen molar-refractivity contribution in [2.24, 2.45) is 0 Å². The van der Waals surface area contributed by atoms with E-state index in [4.69, 9.17) is 0 Å². The van der Waals surface area contributed by atoms with E-state index in [2.05, 4.69) is 15.5 Å². The summed E-state index contributed by atoms with van der Waals surface area (Å²) in [5.41, 5.74) is 2.17. The Morgan fingerprint density at radius 2 is 2.16 bits per heavy atom. The first-order valence-corrected chi connectivity index (χ1v) is 6.87. The van der Waals surface area contributed by atoms with Crippen molar-refractivity contribution in [3.8, 4) is 0 Å². The molecule has 0 radical (unpaired) electrons. The van der Waals surface area contributed by atoms with Gasteiger partial charge in [-0.05, 0) is 30.5 Å². The van der Waals surface area contributed by atoms with Crippen molar-refractivity contribution in [2.45, 2.75) is 20.3 Å². The van der Waals surface area contributed by atoms with Gasteiger partial charge in [0.2, 0.25) is 11.0 Å². The van der Waals surface area contributed by atoms with Gasteiger partial charge in [-0.2, -0.15) is 0 Å². The van der Waals surface area contributed by atoms with Gasteiger partial charge in [0.1, 0.15) is 5.01 Å². The molecule has 0 atom stereocenters. The Labute approximate surface area is 116 Å². The van der Waals surface area contributed by atoms with Crippen LogP contribution in [0, 0.1) is 6.92 Å². The van der Waals surface area contributed by atoms with Crippen molar-refractivity contribution in [1.82, 2.24) is 10.2 Å². The quantitative estimate of drug-likeness (QED) is 0.871. The van der Waals surface area contributed by atoms with Gasteiger partial charge in [-0.3, -0.25) is 10.1 Å². The Bertz CT molecular complexity index is 604. The van der Waals surface area contributed by atoms with Crippen LogP contribution in [-0.4, -0.2) is 16.1 Å². The van der Waals surface area contributed by atoms with Crippen molar-refractivity contribution >= 4 is 28.5 Å². The molecule has 0 bridgehead atoms. The van der Waals surface area contributed by atoms with Crippen LogP contribution in [0.25, 0.3) is 6.08 Å². The van der Waals surface area contributed by atoms with E-state index in [0.29, 0.717) is 5.13 Å². The van der Waals surface area contributed by atoms with Gasteiger partial charge in [0.25, 0.3) is 0 Å². The van der Waals surface area contributed by atoms with Gasteiger partial charge in [0, 0.05) is 6.08 Å². The van der Waals surface area contributed by atoms with E-state index in [1.165, 1.54) is 17.4 Å². The molecule has 0 aliphatic rings. The van der Waals surface area contributed by atoms with Crippen LogP contribution < -0.4 is 5.32 Å². The average molecular weight is 273 g/mol. The molecule has 5 heteroatoms. The second kappa shape index (κ2) is 6.24. The highest BCUT2D eigenvalue weighted by Crippen LogP contribution is 2.15. The molecular weight excluding hydrogens is 258 g/mol. The maximum atomic E-state index is 11.7. The third-order valence-corrected chi connectivity index (χ3v) is 3.59. The number of hydrogen-bond acceptors (Lipinski definition) is 4. The number of carbonyl (C=O) groups is 1. The van der Waals surface area contributed by atoms with Gasteiger partial charge in [0.15, 0.2) is 0 Å². The molecule has 0 aliphatic carbocycles. The zero-order valence-corrected chi connectivity index (χ0v) is 11.7. The third-order valence-electron chi connectivity index (χ3n) is 2.60. The molecule has 19 heavy (non-hydrogen) atoms. The maximum Gasteiger partial charge on any atom is 0.250 e. The summed E-state index contributed by atoms with van der Waals surface area (Å²) in [5.74, 6) is -0.193. The largest absolute Gasteiger partial charge is 0.297 e. The standard InChI is InChI=1S/C14H15N3OS/c1-3-13-16-17-14(19-13)15-12(18)9-8-11-7-5-4-6-10(11)2/h4-9H,3H2,1-2H3,(H,15,17,18)/b9-8+. The number of aryl methyl sites for hydroxylation is 2. The topological polar surface area (TPSA) is 54.9 Å².